The third-order valence-electron chi connectivity index (χ3n) is 3.56. The topological polar surface area (TPSA) is 51.0 Å². The van der Waals surface area contributed by atoms with Gasteiger partial charge >= 0.3 is 0 Å². The maximum Gasteiger partial charge on any atom is 0.249 e. The first-order valence-electron chi connectivity index (χ1n) is 7.30. The zero-order chi connectivity index (χ0) is 17.1. The van der Waals surface area contributed by atoms with Crippen molar-refractivity contribution in [2.45, 2.75) is 19.5 Å². The molecule has 24 heavy (non-hydrogen) atoms. The predicted molar refractivity (Wildman–Crippen MR) is 96.5 cm³/mol. The quantitative estimate of drug-likeness (QED) is 0.628. The first kappa shape index (κ1) is 17.2. The van der Waals surface area contributed by atoms with E-state index in [1.165, 1.54) is 0 Å². The molecule has 0 spiro atoms. The molecule has 2 aromatic carbocycles. The Labute approximate surface area is 154 Å². The van der Waals surface area contributed by atoms with Crippen LogP contribution in [-0.2, 0) is 6.54 Å². The molecule has 1 N–H and O–H groups in total. The summed E-state index contributed by atoms with van der Waals surface area (Å²) in [5.41, 5.74) is 1.67. The zero-order valence-corrected chi connectivity index (χ0v) is 15.0. The third-order valence-corrected chi connectivity index (χ3v) is 4.45. The smallest absolute Gasteiger partial charge is 0.249 e. The van der Waals surface area contributed by atoms with Crippen LogP contribution >= 0.6 is 34.8 Å². The Morgan fingerprint density at radius 1 is 1.04 bits per heavy atom. The van der Waals surface area contributed by atoms with E-state index in [-0.39, 0.29) is 6.04 Å². The van der Waals surface area contributed by atoms with E-state index >= 15 is 0 Å². The number of hydrogen-bond donors (Lipinski definition) is 1. The molecule has 0 aliphatic rings. The molecule has 0 aliphatic carbocycles. The Balaban J connectivity index is 1.69. The zero-order valence-electron chi connectivity index (χ0n) is 12.8. The number of aromatic nitrogens is 2. The van der Waals surface area contributed by atoms with Gasteiger partial charge in [0.2, 0.25) is 11.8 Å². The van der Waals surface area contributed by atoms with Crippen molar-refractivity contribution in [3.8, 4) is 11.5 Å². The summed E-state index contributed by atoms with van der Waals surface area (Å²) in [5, 5.41) is 13.1. The molecule has 4 nitrogen and oxygen atoms in total. The normalized spacial score (nSPS) is 12.3. The number of benzene rings is 2. The molecule has 0 saturated carbocycles. The molecule has 3 rings (SSSR count). The summed E-state index contributed by atoms with van der Waals surface area (Å²) in [6, 6.07) is 12.9. The van der Waals surface area contributed by atoms with E-state index in [9.17, 15) is 0 Å². The Morgan fingerprint density at radius 3 is 2.58 bits per heavy atom. The van der Waals surface area contributed by atoms with Crippen LogP contribution in [0.5, 0.6) is 0 Å². The first-order valence-corrected chi connectivity index (χ1v) is 8.43. The van der Waals surface area contributed by atoms with Crippen LogP contribution in [0.15, 0.2) is 46.9 Å². The highest BCUT2D eigenvalue weighted by Crippen LogP contribution is 2.29. The van der Waals surface area contributed by atoms with E-state index in [1.807, 2.05) is 31.2 Å². The summed E-state index contributed by atoms with van der Waals surface area (Å²) >= 11 is 18.2. The summed E-state index contributed by atoms with van der Waals surface area (Å²) in [5.74, 6) is 0.828. The number of nitrogens with one attached hydrogen (secondary N) is 1. The van der Waals surface area contributed by atoms with Gasteiger partial charge in [-0.3, -0.25) is 0 Å². The van der Waals surface area contributed by atoms with Gasteiger partial charge in [-0.25, -0.2) is 0 Å². The Bertz CT molecular complexity index is 851. The second-order valence-electron chi connectivity index (χ2n) is 5.25. The molecule has 1 unspecified atom stereocenters. The van der Waals surface area contributed by atoms with E-state index in [4.69, 9.17) is 39.2 Å². The molecule has 1 heterocycles. The summed E-state index contributed by atoms with van der Waals surface area (Å²) < 4.78 is 5.66. The van der Waals surface area contributed by atoms with Gasteiger partial charge in [-0.1, -0.05) is 53.0 Å². The number of halogens is 3. The standard InChI is InChI=1S/C17H14Cl3N3O/c1-10(12-4-2-3-5-14(12)19)21-9-16-22-23-17(24-16)13-7-6-11(18)8-15(13)20/h2-8,10,21H,9H2,1H3. The fourth-order valence-corrected chi connectivity index (χ4v) is 3.06. The maximum atomic E-state index is 6.20. The molecular weight excluding hydrogens is 369 g/mol. The van der Waals surface area contributed by atoms with Crippen molar-refractivity contribution in [1.29, 1.82) is 0 Å². The van der Waals surface area contributed by atoms with E-state index in [1.54, 1.807) is 18.2 Å². The van der Waals surface area contributed by atoms with Crippen LogP contribution in [0.4, 0.5) is 0 Å². The van der Waals surface area contributed by atoms with Gasteiger partial charge in [0.15, 0.2) is 0 Å². The SMILES string of the molecule is CC(NCc1nnc(-c2ccc(Cl)cc2Cl)o1)c1ccccc1Cl. The molecule has 124 valence electrons. The largest absolute Gasteiger partial charge is 0.419 e. The minimum absolute atomic E-state index is 0.0492. The van der Waals surface area contributed by atoms with Crippen molar-refractivity contribution in [2.24, 2.45) is 0 Å². The van der Waals surface area contributed by atoms with E-state index in [0.29, 0.717) is 33.9 Å². The van der Waals surface area contributed by atoms with Crippen molar-refractivity contribution < 1.29 is 4.42 Å². The lowest BCUT2D eigenvalue weighted by molar-refractivity contribution is 0.454. The first-order chi connectivity index (χ1) is 11.5. The minimum Gasteiger partial charge on any atom is -0.419 e. The van der Waals surface area contributed by atoms with Gasteiger partial charge in [0.25, 0.3) is 0 Å². The Morgan fingerprint density at radius 2 is 1.83 bits per heavy atom. The maximum absolute atomic E-state index is 6.20. The molecule has 1 atom stereocenters. The van der Waals surface area contributed by atoms with Gasteiger partial charge in [-0.15, -0.1) is 10.2 Å². The van der Waals surface area contributed by atoms with Crippen LogP contribution in [0.1, 0.15) is 24.4 Å². The van der Waals surface area contributed by atoms with E-state index in [2.05, 4.69) is 15.5 Å². The van der Waals surface area contributed by atoms with Crippen LogP contribution in [0.25, 0.3) is 11.5 Å². The van der Waals surface area contributed by atoms with Crippen molar-refractivity contribution >= 4 is 34.8 Å². The summed E-state index contributed by atoms with van der Waals surface area (Å²) in [6.07, 6.45) is 0. The molecule has 3 aromatic rings. The number of hydrogen-bond acceptors (Lipinski definition) is 4. The van der Waals surface area contributed by atoms with Crippen molar-refractivity contribution in [3.05, 3.63) is 69.0 Å². The van der Waals surface area contributed by atoms with Gasteiger partial charge in [-0.05, 0) is 36.8 Å². The lowest BCUT2D eigenvalue weighted by atomic mass is 10.1. The molecule has 0 aliphatic heterocycles. The van der Waals surface area contributed by atoms with E-state index in [0.717, 1.165) is 10.6 Å². The molecule has 0 saturated heterocycles. The average Bonchev–Trinajstić information content (AvgIpc) is 3.01. The fourth-order valence-electron chi connectivity index (χ4n) is 2.27. The van der Waals surface area contributed by atoms with Gasteiger partial charge in [0, 0.05) is 16.1 Å². The second-order valence-corrected chi connectivity index (χ2v) is 6.50. The summed E-state index contributed by atoms with van der Waals surface area (Å²) in [4.78, 5) is 0. The molecule has 0 amide bonds. The molecular formula is C17H14Cl3N3O. The van der Waals surface area contributed by atoms with Crippen LogP contribution in [0.3, 0.4) is 0 Å². The third kappa shape index (κ3) is 3.90. The highest BCUT2D eigenvalue weighted by molar-refractivity contribution is 6.36. The second kappa shape index (κ2) is 7.53. The van der Waals surface area contributed by atoms with Crippen LogP contribution < -0.4 is 5.32 Å². The lowest BCUT2D eigenvalue weighted by Crippen LogP contribution is -2.18. The van der Waals surface area contributed by atoms with Crippen molar-refractivity contribution in [1.82, 2.24) is 15.5 Å². The van der Waals surface area contributed by atoms with Gasteiger partial charge in [0.05, 0.1) is 17.1 Å². The summed E-state index contributed by atoms with van der Waals surface area (Å²) in [6.45, 7) is 2.44. The monoisotopic (exact) mass is 381 g/mol. The average molecular weight is 383 g/mol. The lowest BCUT2D eigenvalue weighted by Gasteiger charge is -2.14. The van der Waals surface area contributed by atoms with Crippen LogP contribution in [0, 0.1) is 0 Å². The number of rotatable bonds is 5. The minimum atomic E-state index is 0.0492. The molecule has 0 radical (unpaired) electrons. The Kier molecular flexibility index (Phi) is 5.41. The van der Waals surface area contributed by atoms with Gasteiger partial charge in [0.1, 0.15) is 0 Å². The van der Waals surface area contributed by atoms with Crippen molar-refractivity contribution in [2.75, 3.05) is 0 Å². The highest BCUT2D eigenvalue weighted by atomic mass is 35.5. The predicted octanol–water partition coefficient (Wildman–Crippen LogP) is 5.55. The molecule has 0 bridgehead atoms. The van der Waals surface area contributed by atoms with Gasteiger partial charge < -0.3 is 9.73 Å². The highest BCUT2D eigenvalue weighted by Gasteiger charge is 2.14. The Hall–Kier alpha value is -1.59. The van der Waals surface area contributed by atoms with Gasteiger partial charge in [-0.2, -0.15) is 0 Å². The fraction of sp³-hybridized carbons (Fsp3) is 0.176. The molecule has 0 fully saturated rings. The van der Waals surface area contributed by atoms with E-state index < -0.39 is 0 Å². The molecule has 1 aromatic heterocycles. The number of nitrogens with zero attached hydrogens (tertiary/aromatic N) is 2. The van der Waals surface area contributed by atoms with Crippen LogP contribution in [0.2, 0.25) is 15.1 Å². The molecule has 7 heteroatoms. The van der Waals surface area contributed by atoms with Crippen molar-refractivity contribution in [3.63, 3.8) is 0 Å². The summed E-state index contributed by atoms with van der Waals surface area (Å²) in [7, 11) is 0. The van der Waals surface area contributed by atoms with Crippen LogP contribution in [-0.4, -0.2) is 10.2 Å².